The van der Waals surface area contributed by atoms with Crippen LogP contribution < -0.4 is 0 Å². The van der Waals surface area contributed by atoms with Crippen molar-refractivity contribution in [2.24, 2.45) is 5.92 Å². The predicted octanol–water partition coefficient (Wildman–Crippen LogP) is 3.14. The van der Waals surface area contributed by atoms with Crippen LogP contribution in [-0.4, -0.2) is 67.5 Å². The number of hydrogen-bond acceptors (Lipinski definition) is 9. The van der Waals surface area contributed by atoms with E-state index in [4.69, 9.17) is 28.4 Å². The normalized spacial score (nSPS) is 30.5. The van der Waals surface area contributed by atoms with Crippen LogP contribution in [0, 0.1) is 16.0 Å². The van der Waals surface area contributed by atoms with Crippen molar-refractivity contribution < 1.29 is 38.1 Å². The highest BCUT2D eigenvalue weighted by Crippen LogP contribution is 2.48. The molecule has 2 fully saturated rings. The molecule has 1 heterocycles. The van der Waals surface area contributed by atoms with Crippen molar-refractivity contribution in [3.63, 3.8) is 0 Å². The van der Waals surface area contributed by atoms with Crippen LogP contribution >= 0.6 is 0 Å². The van der Waals surface area contributed by atoms with E-state index >= 15 is 0 Å². The van der Waals surface area contributed by atoms with Crippen molar-refractivity contribution in [3.05, 3.63) is 81.9 Å². The Morgan fingerprint density at radius 2 is 1.62 bits per heavy atom. The third kappa shape index (κ3) is 5.90. The Hall–Kier alpha value is -2.73. The zero-order valence-electron chi connectivity index (χ0n) is 21.2. The summed E-state index contributed by atoms with van der Waals surface area (Å²) in [5.41, 5.74) is 0.366. The number of ether oxygens (including phenoxy) is 6. The maximum atomic E-state index is 12.4. The van der Waals surface area contributed by atoms with Crippen LogP contribution in [0.2, 0.25) is 0 Å². The first-order chi connectivity index (χ1) is 17.8. The minimum Gasteiger partial charge on any atom is -0.374 e. The zero-order chi connectivity index (χ0) is 26.5. The van der Waals surface area contributed by atoms with E-state index in [1.54, 1.807) is 13.8 Å². The molecule has 4 rings (SSSR count). The minimum atomic E-state index is -1.43. The molecule has 1 saturated heterocycles. The molecule has 0 aromatic heterocycles. The Labute approximate surface area is 215 Å². The highest BCUT2D eigenvalue weighted by Gasteiger charge is 2.70. The molecule has 0 spiro atoms. The van der Waals surface area contributed by atoms with E-state index in [0.717, 1.165) is 11.1 Å². The van der Waals surface area contributed by atoms with Gasteiger partial charge in [0.05, 0.1) is 19.8 Å². The average molecular weight is 516 g/mol. The van der Waals surface area contributed by atoms with Gasteiger partial charge >= 0.3 is 0 Å². The van der Waals surface area contributed by atoms with E-state index in [9.17, 15) is 14.9 Å². The van der Waals surface area contributed by atoms with Crippen LogP contribution in [0.1, 0.15) is 25.0 Å². The molecule has 2 aromatic rings. The number of nitrogens with zero attached hydrogens (tertiary/aromatic N) is 1. The van der Waals surface area contributed by atoms with Crippen molar-refractivity contribution in [1.29, 1.82) is 0 Å². The first kappa shape index (κ1) is 27.3. The lowest BCUT2D eigenvalue weighted by molar-refractivity contribution is -0.552. The van der Waals surface area contributed by atoms with Crippen molar-refractivity contribution in [1.82, 2.24) is 0 Å². The summed E-state index contributed by atoms with van der Waals surface area (Å²) in [5.74, 6) is -2.37. The molecular formula is C27H33NO9. The lowest BCUT2D eigenvalue weighted by Gasteiger charge is -2.50. The third-order valence-electron chi connectivity index (χ3n) is 6.73. The highest BCUT2D eigenvalue weighted by atomic mass is 16.8. The lowest BCUT2D eigenvalue weighted by Crippen LogP contribution is -2.72. The average Bonchev–Trinajstić information content (AvgIpc) is 3.22. The molecule has 10 heteroatoms. The largest absolute Gasteiger partial charge is 0.374 e. The Morgan fingerprint density at radius 3 is 2.19 bits per heavy atom. The molecule has 0 unspecified atom stereocenters. The summed E-state index contributed by atoms with van der Waals surface area (Å²) < 4.78 is 36.2. The third-order valence-corrected chi connectivity index (χ3v) is 6.73. The lowest BCUT2D eigenvalue weighted by atomic mass is 9.69. The van der Waals surface area contributed by atoms with Gasteiger partial charge in [0.2, 0.25) is 0 Å². The summed E-state index contributed by atoms with van der Waals surface area (Å²) in [6, 6.07) is 17.6. The van der Waals surface area contributed by atoms with Gasteiger partial charge in [0.15, 0.2) is 11.9 Å². The van der Waals surface area contributed by atoms with Gasteiger partial charge in [-0.05, 0) is 25.0 Å². The Balaban J connectivity index is 1.76. The number of benzene rings is 2. The molecule has 0 radical (unpaired) electrons. The van der Waals surface area contributed by atoms with E-state index in [0.29, 0.717) is 6.29 Å². The molecule has 2 aliphatic rings. The summed E-state index contributed by atoms with van der Waals surface area (Å²) in [7, 11) is 1.43. The van der Waals surface area contributed by atoms with Crippen LogP contribution in [-0.2, 0) is 46.4 Å². The number of rotatable bonds is 12. The summed E-state index contributed by atoms with van der Waals surface area (Å²) in [4.78, 5) is 24.2. The number of nitro groups is 1. The van der Waals surface area contributed by atoms with Gasteiger partial charge in [-0.25, -0.2) is 0 Å². The summed E-state index contributed by atoms with van der Waals surface area (Å²) in [6.07, 6.45) is -2.61. The minimum absolute atomic E-state index is 0.0709. The molecule has 2 aromatic carbocycles. The van der Waals surface area contributed by atoms with Crippen LogP contribution in [0.5, 0.6) is 0 Å². The smallest absolute Gasteiger partial charge is 0.253 e. The van der Waals surface area contributed by atoms with Gasteiger partial charge in [-0.2, -0.15) is 0 Å². The van der Waals surface area contributed by atoms with Crippen LogP contribution in [0.3, 0.4) is 0 Å². The maximum Gasteiger partial charge on any atom is 0.253 e. The molecule has 1 saturated carbocycles. The molecular weight excluding hydrogens is 482 g/mol. The molecule has 1 aliphatic carbocycles. The van der Waals surface area contributed by atoms with Crippen molar-refractivity contribution >= 4 is 6.29 Å². The number of methoxy groups -OCH3 is 1. The molecule has 6 atom stereocenters. The van der Waals surface area contributed by atoms with Gasteiger partial charge in [-0.3, -0.25) is 10.1 Å². The quantitative estimate of drug-likeness (QED) is 0.182. The van der Waals surface area contributed by atoms with Gasteiger partial charge in [0, 0.05) is 12.0 Å². The van der Waals surface area contributed by atoms with E-state index in [1.807, 2.05) is 60.7 Å². The number of fused-ring (bicyclic) bond motifs is 1. The van der Waals surface area contributed by atoms with E-state index in [-0.39, 0.29) is 26.6 Å². The molecule has 37 heavy (non-hydrogen) atoms. The molecule has 0 N–H and O–H groups in total. The number of carbonyl (C=O) groups excluding carboxylic acids is 1. The number of aldehydes is 1. The van der Waals surface area contributed by atoms with Gasteiger partial charge < -0.3 is 33.2 Å². The Bertz CT molecular complexity index is 1030. The molecule has 0 amide bonds. The summed E-state index contributed by atoms with van der Waals surface area (Å²) in [6.45, 7) is 3.45. The Morgan fingerprint density at radius 1 is 1.00 bits per heavy atom. The second kappa shape index (κ2) is 11.8. The second-order valence-corrected chi connectivity index (χ2v) is 9.71. The van der Waals surface area contributed by atoms with Gasteiger partial charge in [-0.15, -0.1) is 0 Å². The highest BCUT2D eigenvalue weighted by molar-refractivity contribution is 5.57. The summed E-state index contributed by atoms with van der Waals surface area (Å²) >= 11 is 0. The molecule has 0 bridgehead atoms. The van der Waals surface area contributed by atoms with Crippen LogP contribution in [0.25, 0.3) is 0 Å². The van der Waals surface area contributed by atoms with Gasteiger partial charge in [0.25, 0.3) is 6.04 Å². The van der Waals surface area contributed by atoms with Gasteiger partial charge in [0.1, 0.15) is 36.8 Å². The zero-order valence-corrected chi connectivity index (χ0v) is 21.2. The summed E-state index contributed by atoms with van der Waals surface area (Å²) in [5, 5.41) is 12.2. The molecule has 10 nitrogen and oxygen atoms in total. The maximum absolute atomic E-state index is 12.4. The van der Waals surface area contributed by atoms with Crippen LogP contribution in [0.4, 0.5) is 0 Å². The van der Waals surface area contributed by atoms with Crippen molar-refractivity contribution in [3.8, 4) is 0 Å². The first-order valence-corrected chi connectivity index (χ1v) is 12.2. The van der Waals surface area contributed by atoms with E-state index in [1.165, 1.54) is 7.11 Å². The second-order valence-electron chi connectivity index (χ2n) is 9.71. The van der Waals surface area contributed by atoms with E-state index in [2.05, 4.69) is 0 Å². The van der Waals surface area contributed by atoms with Gasteiger partial charge in [-0.1, -0.05) is 60.7 Å². The van der Waals surface area contributed by atoms with E-state index < -0.39 is 46.6 Å². The number of hydrogen-bond donors (Lipinski definition) is 0. The SMILES string of the molecule is COCO[C@@H]1[C@H](C=O)[C@@H]([N+](=O)[O-])[C@@H]2OC(C)(C)O[C@@H]2[C@@]1(COCc1ccccc1)OCc1ccccc1. The fourth-order valence-electron chi connectivity index (χ4n) is 5.17. The number of carbonyl (C=O) groups is 1. The standard InChI is InChI=1S/C27H33NO9/c1-26(2)36-23-22(28(30)31)21(14-29)24(34-18-32-3)27(25(23)37-26,35-16-20-12-8-5-9-13-20)17-33-15-19-10-6-4-7-11-19/h4-14,21-25H,15-18H2,1-3H3/t21-,22-,23+,24-,25+,27+/m1/s1. The predicted molar refractivity (Wildman–Crippen MR) is 131 cm³/mol. The monoisotopic (exact) mass is 515 g/mol. The fraction of sp³-hybridized carbons (Fsp3) is 0.519. The topological polar surface area (TPSA) is 116 Å². The first-order valence-electron chi connectivity index (χ1n) is 12.2. The molecule has 1 aliphatic heterocycles. The van der Waals surface area contributed by atoms with Crippen molar-refractivity contribution in [2.45, 2.75) is 62.8 Å². The van der Waals surface area contributed by atoms with Crippen LogP contribution in [0.15, 0.2) is 60.7 Å². The molecule has 200 valence electrons. The van der Waals surface area contributed by atoms with Crippen molar-refractivity contribution in [2.75, 3.05) is 20.5 Å². The fourth-order valence-corrected chi connectivity index (χ4v) is 5.17. The Kier molecular flexibility index (Phi) is 8.68.